The lowest BCUT2D eigenvalue weighted by Crippen LogP contribution is -2.25. The Morgan fingerprint density at radius 2 is 1.76 bits per heavy atom. The Morgan fingerprint density at radius 1 is 1.08 bits per heavy atom. The normalized spacial score (nSPS) is 16.6. The Morgan fingerprint density at radius 3 is 2.40 bits per heavy atom. The van der Waals surface area contributed by atoms with Crippen LogP contribution in [0.1, 0.15) is 21.5 Å². The van der Waals surface area contributed by atoms with Gasteiger partial charge in [-0.15, -0.1) is 0 Å². The van der Waals surface area contributed by atoms with Gasteiger partial charge >= 0.3 is 0 Å². The Bertz CT molecular complexity index is 778. The van der Waals surface area contributed by atoms with Crippen LogP contribution >= 0.6 is 11.8 Å². The van der Waals surface area contributed by atoms with E-state index in [4.69, 9.17) is 0 Å². The van der Waals surface area contributed by atoms with Gasteiger partial charge in [0.15, 0.2) is 0 Å². The Kier molecular flexibility index (Phi) is 5.45. The van der Waals surface area contributed by atoms with Crippen LogP contribution in [-0.4, -0.2) is 33.8 Å². The van der Waals surface area contributed by atoms with Gasteiger partial charge in [-0.3, -0.25) is 24.7 Å². The molecule has 1 aliphatic heterocycles. The van der Waals surface area contributed by atoms with Crippen molar-refractivity contribution in [1.82, 2.24) is 15.6 Å². The first-order valence-corrected chi connectivity index (χ1v) is 8.77. The number of hydrogen-bond donors (Lipinski definition) is 2. The van der Waals surface area contributed by atoms with E-state index in [1.54, 1.807) is 24.5 Å². The number of carbonyl (C=O) groups excluding carboxylic acids is 3. The molecular weight excluding hydrogens is 338 g/mol. The zero-order chi connectivity index (χ0) is 17.6. The summed E-state index contributed by atoms with van der Waals surface area (Å²) in [6.07, 6.45) is 4.42. The zero-order valence-corrected chi connectivity index (χ0v) is 14.2. The largest absolute Gasteiger partial charge is 0.352 e. The first-order valence-electron chi connectivity index (χ1n) is 7.89. The monoisotopic (exact) mass is 355 g/mol. The second-order valence-corrected chi connectivity index (χ2v) is 6.82. The van der Waals surface area contributed by atoms with Gasteiger partial charge in [0.2, 0.25) is 5.91 Å². The van der Waals surface area contributed by atoms with Crippen LogP contribution in [0.3, 0.4) is 0 Å². The van der Waals surface area contributed by atoms with Crippen LogP contribution in [0.15, 0.2) is 48.8 Å². The fourth-order valence-corrected chi connectivity index (χ4v) is 3.37. The minimum Gasteiger partial charge on any atom is -0.352 e. The summed E-state index contributed by atoms with van der Waals surface area (Å²) >= 11 is 1.04. The number of benzene rings is 1. The van der Waals surface area contributed by atoms with Crippen molar-refractivity contribution in [2.75, 3.05) is 6.54 Å². The van der Waals surface area contributed by atoms with Crippen molar-refractivity contribution in [3.05, 3.63) is 65.5 Å². The standard InChI is InChI=1S/C18H17N3O3S/c22-16(14-6-8-19-9-7-14)20-10-5-12-1-3-13(4-2-12)11-15-17(23)21-18(24)25-15/h1-4,6-9,15H,5,10-11H2,(H,20,22)(H,21,23,24)/t15-/m0/s1. The van der Waals surface area contributed by atoms with Crippen LogP contribution in [0.4, 0.5) is 4.79 Å². The fraction of sp³-hybridized carbons (Fsp3) is 0.222. The topological polar surface area (TPSA) is 88.2 Å². The van der Waals surface area contributed by atoms with Crippen molar-refractivity contribution in [3.8, 4) is 0 Å². The number of hydrogen-bond acceptors (Lipinski definition) is 5. The first kappa shape index (κ1) is 17.2. The minimum atomic E-state index is -0.349. The van der Waals surface area contributed by atoms with Gasteiger partial charge in [0.1, 0.15) is 0 Å². The molecular formula is C18H17N3O3S. The summed E-state index contributed by atoms with van der Waals surface area (Å²) in [5.74, 6) is -0.342. The van der Waals surface area contributed by atoms with E-state index < -0.39 is 0 Å². The van der Waals surface area contributed by atoms with Gasteiger partial charge in [-0.05, 0) is 36.1 Å². The van der Waals surface area contributed by atoms with Crippen LogP contribution < -0.4 is 10.6 Å². The molecule has 6 nitrogen and oxygen atoms in total. The van der Waals surface area contributed by atoms with E-state index in [2.05, 4.69) is 15.6 Å². The van der Waals surface area contributed by atoms with Crippen LogP contribution in [0, 0.1) is 0 Å². The number of nitrogens with zero attached hydrogens (tertiary/aromatic N) is 1. The molecule has 3 rings (SSSR count). The number of amides is 3. The molecule has 25 heavy (non-hydrogen) atoms. The summed E-state index contributed by atoms with van der Waals surface area (Å²) < 4.78 is 0. The molecule has 128 valence electrons. The van der Waals surface area contributed by atoms with E-state index in [-0.39, 0.29) is 22.3 Å². The number of carbonyl (C=O) groups is 3. The Labute approximate surface area is 149 Å². The molecule has 0 aliphatic carbocycles. The predicted octanol–water partition coefficient (Wildman–Crippen LogP) is 1.95. The van der Waals surface area contributed by atoms with Gasteiger partial charge in [0.25, 0.3) is 11.1 Å². The molecule has 1 aromatic carbocycles. The minimum absolute atomic E-state index is 0.118. The molecule has 1 aliphatic rings. The van der Waals surface area contributed by atoms with Gasteiger partial charge in [-0.2, -0.15) is 0 Å². The third kappa shape index (κ3) is 4.67. The van der Waals surface area contributed by atoms with Gasteiger partial charge in [0, 0.05) is 24.5 Å². The van der Waals surface area contributed by atoms with Gasteiger partial charge in [0.05, 0.1) is 5.25 Å². The summed E-state index contributed by atoms with van der Waals surface area (Å²) in [6.45, 7) is 0.538. The zero-order valence-electron chi connectivity index (χ0n) is 13.4. The number of imide groups is 1. The summed E-state index contributed by atoms with van der Waals surface area (Å²) in [4.78, 5) is 38.6. The molecule has 7 heteroatoms. The van der Waals surface area contributed by atoms with Gasteiger partial charge < -0.3 is 5.32 Å². The lowest BCUT2D eigenvalue weighted by atomic mass is 10.1. The second-order valence-electron chi connectivity index (χ2n) is 5.65. The highest BCUT2D eigenvalue weighted by Gasteiger charge is 2.31. The predicted molar refractivity (Wildman–Crippen MR) is 95.3 cm³/mol. The second kappa shape index (κ2) is 7.94. The summed E-state index contributed by atoms with van der Waals surface area (Å²) in [6, 6.07) is 11.2. The van der Waals surface area contributed by atoms with Crippen molar-refractivity contribution < 1.29 is 14.4 Å². The SMILES string of the molecule is O=C1NC(=O)[C@H](Cc2ccc(CCNC(=O)c3ccncc3)cc2)S1. The maximum Gasteiger partial charge on any atom is 0.286 e. The quantitative estimate of drug-likeness (QED) is 0.827. The molecule has 2 aromatic rings. The van der Waals surface area contributed by atoms with E-state index in [1.807, 2.05) is 24.3 Å². The Balaban J connectivity index is 1.47. The molecule has 0 unspecified atom stereocenters. The molecule has 0 radical (unpaired) electrons. The third-order valence-corrected chi connectivity index (χ3v) is 4.83. The molecule has 3 amide bonds. The lowest BCUT2D eigenvalue weighted by molar-refractivity contribution is -0.118. The van der Waals surface area contributed by atoms with Gasteiger partial charge in [-0.25, -0.2) is 0 Å². The average Bonchev–Trinajstić information content (AvgIpc) is 2.94. The van der Waals surface area contributed by atoms with E-state index in [0.29, 0.717) is 24.9 Å². The molecule has 1 atom stereocenters. The molecule has 1 fully saturated rings. The maximum atomic E-state index is 11.9. The smallest absolute Gasteiger partial charge is 0.286 e. The highest BCUT2D eigenvalue weighted by molar-refractivity contribution is 8.15. The van der Waals surface area contributed by atoms with Crippen molar-refractivity contribution in [2.24, 2.45) is 0 Å². The van der Waals surface area contributed by atoms with E-state index in [1.165, 1.54) is 0 Å². The Hall–Kier alpha value is -2.67. The maximum absolute atomic E-state index is 11.9. The highest BCUT2D eigenvalue weighted by atomic mass is 32.2. The highest BCUT2D eigenvalue weighted by Crippen LogP contribution is 2.23. The van der Waals surface area contributed by atoms with E-state index >= 15 is 0 Å². The van der Waals surface area contributed by atoms with E-state index in [9.17, 15) is 14.4 Å². The summed E-state index contributed by atoms with van der Waals surface area (Å²) in [5, 5.41) is 4.53. The number of rotatable bonds is 6. The van der Waals surface area contributed by atoms with Crippen LogP contribution in [-0.2, 0) is 17.6 Å². The van der Waals surface area contributed by atoms with Crippen molar-refractivity contribution in [3.63, 3.8) is 0 Å². The molecule has 0 spiro atoms. The molecule has 2 N–H and O–H groups in total. The van der Waals surface area contributed by atoms with Crippen LogP contribution in [0.25, 0.3) is 0 Å². The molecule has 0 bridgehead atoms. The fourth-order valence-electron chi connectivity index (χ4n) is 2.51. The average molecular weight is 355 g/mol. The summed E-state index contributed by atoms with van der Waals surface area (Å²) in [7, 11) is 0. The van der Waals surface area contributed by atoms with E-state index in [0.717, 1.165) is 22.9 Å². The number of aromatic nitrogens is 1. The number of nitrogens with one attached hydrogen (secondary N) is 2. The van der Waals surface area contributed by atoms with Crippen molar-refractivity contribution >= 4 is 28.8 Å². The van der Waals surface area contributed by atoms with Crippen LogP contribution in [0.2, 0.25) is 0 Å². The van der Waals surface area contributed by atoms with Gasteiger partial charge in [-0.1, -0.05) is 36.0 Å². The first-order chi connectivity index (χ1) is 12.1. The third-order valence-electron chi connectivity index (χ3n) is 3.85. The number of thioether (sulfide) groups is 1. The number of pyridine rings is 1. The van der Waals surface area contributed by atoms with Crippen molar-refractivity contribution in [1.29, 1.82) is 0 Å². The molecule has 0 saturated carbocycles. The molecule has 1 saturated heterocycles. The van der Waals surface area contributed by atoms with Crippen molar-refractivity contribution in [2.45, 2.75) is 18.1 Å². The van der Waals surface area contributed by atoms with Crippen LogP contribution in [0.5, 0.6) is 0 Å². The lowest BCUT2D eigenvalue weighted by Gasteiger charge is -2.08. The molecule has 2 heterocycles. The summed E-state index contributed by atoms with van der Waals surface area (Å²) in [5.41, 5.74) is 2.69. The molecule has 1 aromatic heterocycles.